The molecule has 3 amide bonds. The lowest BCUT2D eigenvalue weighted by Gasteiger charge is -2.25. The molecule has 0 atom stereocenters. The van der Waals surface area contributed by atoms with Crippen molar-refractivity contribution in [1.29, 1.82) is 0 Å². The highest BCUT2D eigenvalue weighted by Gasteiger charge is 2.24. The van der Waals surface area contributed by atoms with Gasteiger partial charge in [-0.2, -0.15) is 0 Å². The third-order valence-corrected chi connectivity index (χ3v) is 4.10. The third kappa shape index (κ3) is 5.87. The zero-order valence-electron chi connectivity index (χ0n) is 15.0. The molecule has 5 heteroatoms. The topological polar surface area (TPSA) is 52.7 Å². The minimum atomic E-state index is -0.0519. The largest absolute Gasteiger partial charge is 0.341 e. The summed E-state index contributed by atoms with van der Waals surface area (Å²) in [5, 5.41) is 2.96. The van der Waals surface area contributed by atoms with Gasteiger partial charge in [-0.25, -0.2) is 4.79 Å². The number of nitrogens with zero attached hydrogens (tertiary/aromatic N) is 2. The molecule has 0 bridgehead atoms. The Hall–Kier alpha value is -2.04. The lowest BCUT2D eigenvalue weighted by atomic mass is 9.91. The maximum atomic E-state index is 12.4. The van der Waals surface area contributed by atoms with Gasteiger partial charge in [-0.15, -0.1) is 0 Å². The quantitative estimate of drug-likeness (QED) is 0.926. The van der Waals surface area contributed by atoms with Crippen molar-refractivity contribution in [3.8, 4) is 0 Å². The van der Waals surface area contributed by atoms with Crippen molar-refractivity contribution in [3.05, 3.63) is 35.9 Å². The van der Waals surface area contributed by atoms with Crippen LogP contribution in [0.4, 0.5) is 4.79 Å². The van der Waals surface area contributed by atoms with E-state index in [1.165, 1.54) is 0 Å². The van der Waals surface area contributed by atoms with Crippen molar-refractivity contribution in [3.63, 3.8) is 0 Å². The Bertz CT molecular complexity index is 551. The smallest absolute Gasteiger partial charge is 0.317 e. The van der Waals surface area contributed by atoms with Crippen LogP contribution in [0.1, 0.15) is 39.2 Å². The van der Waals surface area contributed by atoms with Gasteiger partial charge in [-0.1, -0.05) is 51.1 Å². The van der Waals surface area contributed by atoms with Crippen molar-refractivity contribution in [1.82, 2.24) is 15.1 Å². The first-order chi connectivity index (χ1) is 11.3. The minimum Gasteiger partial charge on any atom is -0.341 e. The van der Waals surface area contributed by atoms with E-state index >= 15 is 0 Å². The Kier molecular flexibility index (Phi) is 6.23. The van der Waals surface area contributed by atoms with E-state index in [2.05, 4.69) is 26.1 Å². The van der Waals surface area contributed by atoms with E-state index in [0.717, 1.165) is 18.5 Å². The Morgan fingerprint density at radius 2 is 1.62 bits per heavy atom. The number of carbonyl (C=O) groups is 2. The van der Waals surface area contributed by atoms with Gasteiger partial charge in [0, 0.05) is 39.1 Å². The SMILES string of the molecule is CC(C)(C)CC(=O)N1CCCN(C(=O)NCc2ccccc2)CC1. The van der Waals surface area contributed by atoms with E-state index in [1.54, 1.807) is 0 Å². The first kappa shape index (κ1) is 18.3. The van der Waals surface area contributed by atoms with Crippen LogP contribution in [0.25, 0.3) is 0 Å². The molecule has 24 heavy (non-hydrogen) atoms. The van der Waals surface area contributed by atoms with Gasteiger partial charge in [0.2, 0.25) is 5.91 Å². The number of hydrogen-bond acceptors (Lipinski definition) is 2. The van der Waals surface area contributed by atoms with Gasteiger partial charge in [-0.3, -0.25) is 4.79 Å². The second-order valence-electron chi connectivity index (χ2n) is 7.60. The molecular weight excluding hydrogens is 302 g/mol. The van der Waals surface area contributed by atoms with Gasteiger partial charge in [0.15, 0.2) is 0 Å². The van der Waals surface area contributed by atoms with Crippen LogP contribution < -0.4 is 5.32 Å². The van der Waals surface area contributed by atoms with Crippen molar-refractivity contribution in [2.24, 2.45) is 5.41 Å². The van der Waals surface area contributed by atoms with Crippen molar-refractivity contribution >= 4 is 11.9 Å². The van der Waals surface area contributed by atoms with Crippen molar-refractivity contribution < 1.29 is 9.59 Å². The minimum absolute atomic E-state index is 0.00384. The molecule has 0 spiro atoms. The van der Waals surface area contributed by atoms with Gasteiger partial charge >= 0.3 is 6.03 Å². The summed E-state index contributed by atoms with van der Waals surface area (Å²) in [6.07, 6.45) is 1.38. The molecule has 1 aromatic carbocycles. The zero-order valence-corrected chi connectivity index (χ0v) is 15.0. The lowest BCUT2D eigenvalue weighted by molar-refractivity contribution is -0.132. The molecule has 5 nitrogen and oxygen atoms in total. The highest BCUT2D eigenvalue weighted by Crippen LogP contribution is 2.20. The van der Waals surface area contributed by atoms with E-state index in [-0.39, 0.29) is 17.4 Å². The highest BCUT2D eigenvalue weighted by atomic mass is 16.2. The van der Waals surface area contributed by atoms with Crippen LogP contribution in [0.3, 0.4) is 0 Å². The Labute approximate surface area is 145 Å². The molecule has 1 heterocycles. The molecule has 0 unspecified atom stereocenters. The normalized spacial score (nSPS) is 15.8. The average molecular weight is 331 g/mol. The summed E-state index contributed by atoms with van der Waals surface area (Å²) in [7, 11) is 0. The number of hydrogen-bond donors (Lipinski definition) is 1. The summed E-state index contributed by atoms with van der Waals surface area (Å²) >= 11 is 0. The maximum absolute atomic E-state index is 12.4. The lowest BCUT2D eigenvalue weighted by Crippen LogP contribution is -2.42. The Balaban J connectivity index is 1.81. The number of rotatable bonds is 3. The van der Waals surface area contributed by atoms with E-state index in [1.807, 2.05) is 40.1 Å². The second kappa shape index (κ2) is 8.18. The van der Waals surface area contributed by atoms with E-state index in [0.29, 0.717) is 32.6 Å². The van der Waals surface area contributed by atoms with Crippen LogP contribution in [-0.2, 0) is 11.3 Å². The Morgan fingerprint density at radius 1 is 1.00 bits per heavy atom. The van der Waals surface area contributed by atoms with Gasteiger partial charge in [0.25, 0.3) is 0 Å². The highest BCUT2D eigenvalue weighted by molar-refractivity contribution is 5.77. The summed E-state index contributed by atoms with van der Waals surface area (Å²) in [5.74, 6) is 0.189. The summed E-state index contributed by atoms with van der Waals surface area (Å²) < 4.78 is 0. The molecule has 2 rings (SSSR count). The second-order valence-corrected chi connectivity index (χ2v) is 7.60. The molecule has 1 aromatic rings. The summed E-state index contributed by atoms with van der Waals surface area (Å²) in [6, 6.07) is 9.83. The zero-order chi connectivity index (χ0) is 17.6. The monoisotopic (exact) mass is 331 g/mol. The molecule has 1 fully saturated rings. The molecule has 1 saturated heterocycles. The molecule has 1 aliphatic rings. The van der Waals surface area contributed by atoms with Crippen LogP contribution in [0.15, 0.2) is 30.3 Å². The molecule has 1 aliphatic heterocycles. The maximum Gasteiger partial charge on any atom is 0.317 e. The van der Waals surface area contributed by atoms with E-state index < -0.39 is 0 Å². The molecular formula is C19H29N3O2. The van der Waals surface area contributed by atoms with Crippen LogP contribution in [0, 0.1) is 5.41 Å². The van der Waals surface area contributed by atoms with Gasteiger partial charge in [-0.05, 0) is 17.4 Å². The summed E-state index contributed by atoms with van der Waals surface area (Å²) in [4.78, 5) is 28.4. The fourth-order valence-corrected chi connectivity index (χ4v) is 2.82. The van der Waals surface area contributed by atoms with Crippen LogP contribution >= 0.6 is 0 Å². The third-order valence-electron chi connectivity index (χ3n) is 4.10. The van der Waals surface area contributed by atoms with Gasteiger partial charge < -0.3 is 15.1 Å². The predicted octanol–water partition coefficient (Wildman–Crippen LogP) is 2.87. The van der Waals surface area contributed by atoms with Crippen LogP contribution in [0.5, 0.6) is 0 Å². The number of urea groups is 1. The fourth-order valence-electron chi connectivity index (χ4n) is 2.82. The van der Waals surface area contributed by atoms with Gasteiger partial charge in [0.1, 0.15) is 0 Å². The number of benzene rings is 1. The predicted molar refractivity (Wildman–Crippen MR) is 95.5 cm³/mol. The van der Waals surface area contributed by atoms with Crippen LogP contribution in [-0.4, -0.2) is 47.9 Å². The molecule has 0 aromatic heterocycles. The first-order valence-electron chi connectivity index (χ1n) is 8.70. The van der Waals surface area contributed by atoms with Crippen LogP contribution in [0.2, 0.25) is 0 Å². The molecule has 132 valence electrons. The number of amides is 3. The van der Waals surface area contributed by atoms with Gasteiger partial charge in [0.05, 0.1) is 0 Å². The van der Waals surface area contributed by atoms with Crippen molar-refractivity contribution in [2.75, 3.05) is 26.2 Å². The standard InChI is InChI=1S/C19H29N3O2/c1-19(2,3)14-17(23)21-10-7-11-22(13-12-21)18(24)20-15-16-8-5-4-6-9-16/h4-6,8-9H,7,10-15H2,1-3H3,(H,20,24). The first-order valence-corrected chi connectivity index (χ1v) is 8.70. The number of nitrogens with one attached hydrogen (secondary N) is 1. The Morgan fingerprint density at radius 3 is 2.29 bits per heavy atom. The van der Waals surface area contributed by atoms with E-state index in [9.17, 15) is 9.59 Å². The molecule has 0 aliphatic carbocycles. The molecule has 1 N–H and O–H groups in total. The van der Waals surface area contributed by atoms with E-state index in [4.69, 9.17) is 0 Å². The molecule has 0 radical (unpaired) electrons. The summed E-state index contributed by atoms with van der Waals surface area (Å²) in [5.41, 5.74) is 1.08. The molecule has 0 saturated carbocycles. The van der Waals surface area contributed by atoms with Crippen molar-refractivity contribution in [2.45, 2.75) is 40.2 Å². The average Bonchev–Trinajstić information content (AvgIpc) is 2.78. The summed E-state index contributed by atoms with van der Waals surface area (Å²) in [6.45, 7) is 9.40. The number of carbonyl (C=O) groups excluding carboxylic acids is 2. The fraction of sp³-hybridized carbons (Fsp3) is 0.579.